The normalized spacial score (nSPS) is 12.2. The van der Waals surface area contributed by atoms with E-state index in [0.29, 0.717) is 5.92 Å². The van der Waals surface area contributed by atoms with Crippen LogP contribution in [-0.2, 0) is 4.74 Å². The number of rotatable bonds is 6. The average molecular weight is 210 g/mol. The molecule has 1 heterocycles. The van der Waals surface area contributed by atoms with Crippen LogP contribution in [0.4, 0.5) is 11.6 Å². The van der Waals surface area contributed by atoms with Gasteiger partial charge in [-0.25, -0.2) is 4.98 Å². The lowest BCUT2D eigenvalue weighted by atomic mass is 10.2. The Labute approximate surface area is 90.3 Å². The second kappa shape index (κ2) is 6.19. The SMILES string of the molecule is CNc1cncc(NCC(C)COC)n1. The molecule has 0 amide bonds. The van der Waals surface area contributed by atoms with Gasteiger partial charge in [0, 0.05) is 20.7 Å². The second-order valence-electron chi connectivity index (χ2n) is 3.48. The number of hydrogen-bond donors (Lipinski definition) is 2. The summed E-state index contributed by atoms with van der Waals surface area (Å²) in [6.07, 6.45) is 3.39. The molecule has 5 nitrogen and oxygen atoms in total. The summed E-state index contributed by atoms with van der Waals surface area (Å²) in [6.45, 7) is 3.69. The van der Waals surface area contributed by atoms with Crippen molar-refractivity contribution in [2.45, 2.75) is 6.92 Å². The van der Waals surface area contributed by atoms with Crippen molar-refractivity contribution >= 4 is 11.6 Å². The molecule has 5 heteroatoms. The molecule has 0 aliphatic rings. The molecular weight excluding hydrogens is 192 g/mol. The van der Waals surface area contributed by atoms with E-state index in [1.165, 1.54) is 0 Å². The third-order valence-electron chi connectivity index (χ3n) is 1.97. The van der Waals surface area contributed by atoms with E-state index < -0.39 is 0 Å². The molecule has 1 rings (SSSR count). The maximum absolute atomic E-state index is 5.05. The molecule has 1 unspecified atom stereocenters. The predicted octanol–water partition coefficient (Wildman–Crippen LogP) is 1.21. The highest BCUT2D eigenvalue weighted by Gasteiger charge is 2.02. The Morgan fingerprint density at radius 3 is 2.80 bits per heavy atom. The number of nitrogens with one attached hydrogen (secondary N) is 2. The van der Waals surface area contributed by atoms with Crippen molar-refractivity contribution in [2.24, 2.45) is 5.92 Å². The summed E-state index contributed by atoms with van der Waals surface area (Å²) in [7, 11) is 3.53. The second-order valence-corrected chi connectivity index (χ2v) is 3.48. The predicted molar refractivity (Wildman–Crippen MR) is 61.1 cm³/mol. The largest absolute Gasteiger partial charge is 0.384 e. The molecule has 0 bridgehead atoms. The summed E-state index contributed by atoms with van der Waals surface area (Å²) in [5, 5.41) is 6.15. The maximum Gasteiger partial charge on any atom is 0.146 e. The first-order valence-corrected chi connectivity index (χ1v) is 4.99. The first kappa shape index (κ1) is 11.7. The van der Waals surface area contributed by atoms with Crippen molar-refractivity contribution in [1.29, 1.82) is 0 Å². The number of methoxy groups -OCH3 is 1. The smallest absolute Gasteiger partial charge is 0.146 e. The zero-order chi connectivity index (χ0) is 11.1. The van der Waals surface area contributed by atoms with Crippen molar-refractivity contribution < 1.29 is 4.74 Å². The van der Waals surface area contributed by atoms with Crippen molar-refractivity contribution in [3.05, 3.63) is 12.4 Å². The zero-order valence-electron chi connectivity index (χ0n) is 9.45. The molecule has 0 aromatic carbocycles. The maximum atomic E-state index is 5.05. The minimum absolute atomic E-state index is 0.454. The highest BCUT2D eigenvalue weighted by molar-refractivity contribution is 5.40. The third-order valence-corrected chi connectivity index (χ3v) is 1.97. The summed E-state index contributed by atoms with van der Waals surface area (Å²) in [5.41, 5.74) is 0. The molecule has 1 aromatic heterocycles. The van der Waals surface area contributed by atoms with Crippen LogP contribution in [-0.4, -0.2) is 37.3 Å². The number of anilines is 2. The van der Waals surface area contributed by atoms with E-state index in [4.69, 9.17) is 4.74 Å². The Kier molecular flexibility index (Phi) is 4.83. The molecule has 15 heavy (non-hydrogen) atoms. The Morgan fingerprint density at radius 1 is 1.40 bits per heavy atom. The molecule has 2 N–H and O–H groups in total. The van der Waals surface area contributed by atoms with Crippen molar-refractivity contribution in [2.75, 3.05) is 37.9 Å². The van der Waals surface area contributed by atoms with Gasteiger partial charge in [0.1, 0.15) is 11.6 Å². The van der Waals surface area contributed by atoms with Gasteiger partial charge in [-0.15, -0.1) is 0 Å². The van der Waals surface area contributed by atoms with Crippen molar-refractivity contribution in [3.8, 4) is 0 Å². The molecule has 0 aliphatic heterocycles. The van der Waals surface area contributed by atoms with Gasteiger partial charge in [0.05, 0.1) is 19.0 Å². The van der Waals surface area contributed by atoms with Crippen LogP contribution in [0.1, 0.15) is 6.92 Å². The van der Waals surface area contributed by atoms with Gasteiger partial charge in [0.2, 0.25) is 0 Å². The van der Waals surface area contributed by atoms with Gasteiger partial charge in [-0.2, -0.15) is 0 Å². The van der Waals surface area contributed by atoms with Crippen LogP contribution in [0.5, 0.6) is 0 Å². The fourth-order valence-electron chi connectivity index (χ4n) is 1.19. The standard InChI is InChI=1S/C10H18N4O/c1-8(7-15-3)4-13-10-6-12-5-9(11-2)14-10/h5-6,8H,4,7H2,1-3H3,(H2,11,13,14). The van der Waals surface area contributed by atoms with Crippen LogP contribution in [0.2, 0.25) is 0 Å². The van der Waals surface area contributed by atoms with Gasteiger partial charge in [-0.3, -0.25) is 4.98 Å². The van der Waals surface area contributed by atoms with Gasteiger partial charge < -0.3 is 15.4 Å². The van der Waals surface area contributed by atoms with Crippen LogP contribution in [0.15, 0.2) is 12.4 Å². The Morgan fingerprint density at radius 2 is 2.13 bits per heavy atom. The van der Waals surface area contributed by atoms with Crippen LogP contribution in [0, 0.1) is 5.92 Å². The third kappa shape index (κ3) is 4.12. The number of aromatic nitrogens is 2. The molecule has 0 saturated heterocycles. The number of nitrogens with zero attached hydrogens (tertiary/aromatic N) is 2. The van der Waals surface area contributed by atoms with E-state index in [1.54, 1.807) is 19.5 Å². The first-order chi connectivity index (χ1) is 7.26. The quantitative estimate of drug-likeness (QED) is 0.739. The van der Waals surface area contributed by atoms with E-state index in [2.05, 4.69) is 27.5 Å². The fraction of sp³-hybridized carbons (Fsp3) is 0.600. The van der Waals surface area contributed by atoms with E-state index in [-0.39, 0.29) is 0 Å². The van der Waals surface area contributed by atoms with E-state index in [0.717, 1.165) is 24.8 Å². The van der Waals surface area contributed by atoms with Gasteiger partial charge in [0.25, 0.3) is 0 Å². The van der Waals surface area contributed by atoms with Gasteiger partial charge >= 0.3 is 0 Å². The van der Waals surface area contributed by atoms with Crippen molar-refractivity contribution in [3.63, 3.8) is 0 Å². The first-order valence-electron chi connectivity index (χ1n) is 4.99. The van der Waals surface area contributed by atoms with Crippen LogP contribution >= 0.6 is 0 Å². The van der Waals surface area contributed by atoms with Gasteiger partial charge in [0.15, 0.2) is 0 Å². The minimum atomic E-state index is 0.454. The highest BCUT2D eigenvalue weighted by Crippen LogP contribution is 2.06. The van der Waals surface area contributed by atoms with E-state index >= 15 is 0 Å². The average Bonchev–Trinajstić information content (AvgIpc) is 2.27. The topological polar surface area (TPSA) is 59.1 Å². The van der Waals surface area contributed by atoms with Crippen LogP contribution in [0.25, 0.3) is 0 Å². The molecule has 0 aliphatic carbocycles. The molecule has 1 atom stereocenters. The summed E-state index contributed by atoms with van der Waals surface area (Å²) in [4.78, 5) is 8.36. The molecule has 0 saturated carbocycles. The molecule has 84 valence electrons. The number of ether oxygens (including phenoxy) is 1. The Bertz CT molecular complexity index is 293. The molecule has 1 aromatic rings. The monoisotopic (exact) mass is 210 g/mol. The molecule has 0 radical (unpaired) electrons. The summed E-state index contributed by atoms with van der Waals surface area (Å²) in [6, 6.07) is 0. The van der Waals surface area contributed by atoms with E-state index in [1.807, 2.05) is 7.05 Å². The van der Waals surface area contributed by atoms with Crippen LogP contribution < -0.4 is 10.6 Å². The lowest BCUT2D eigenvalue weighted by Crippen LogP contribution is -2.16. The molecular formula is C10H18N4O. The van der Waals surface area contributed by atoms with Crippen molar-refractivity contribution in [1.82, 2.24) is 9.97 Å². The van der Waals surface area contributed by atoms with E-state index in [9.17, 15) is 0 Å². The Hall–Kier alpha value is -1.36. The fourth-order valence-corrected chi connectivity index (χ4v) is 1.19. The summed E-state index contributed by atoms with van der Waals surface area (Å²) >= 11 is 0. The Balaban J connectivity index is 2.43. The van der Waals surface area contributed by atoms with Crippen LogP contribution in [0.3, 0.4) is 0 Å². The lowest BCUT2D eigenvalue weighted by molar-refractivity contribution is 0.164. The minimum Gasteiger partial charge on any atom is -0.384 e. The zero-order valence-corrected chi connectivity index (χ0v) is 9.45. The number of hydrogen-bond acceptors (Lipinski definition) is 5. The summed E-state index contributed by atoms with van der Waals surface area (Å²) in [5.74, 6) is 2.00. The van der Waals surface area contributed by atoms with Gasteiger partial charge in [-0.1, -0.05) is 6.92 Å². The molecule has 0 fully saturated rings. The van der Waals surface area contributed by atoms with Gasteiger partial charge in [-0.05, 0) is 5.92 Å². The highest BCUT2D eigenvalue weighted by atomic mass is 16.5. The molecule has 0 spiro atoms. The lowest BCUT2D eigenvalue weighted by Gasteiger charge is -2.12. The summed E-state index contributed by atoms with van der Waals surface area (Å²) < 4.78 is 5.05.